The summed E-state index contributed by atoms with van der Waals surface area (Å²) in [5.74, 6) is 0.395. The largest absolute Gasteiger partial charge is 0.492 e. The molecule has 0 aliphatic rings. The molecule has 0 radical (unpaired) electrons. The summed E-state index contributed by atoms with van der Waals surface area (Å²) in [7, 11) is 0. The number of alkyl halides is 2. The van der Waals surface area contributed by atoms with Crippen molar-refractivity contribution in [2.24, 2.45) is 0 Å². The molecule has 0 spiro atoms. The number of pyridine rings is 1. The second-order valence-electron chi connectivity index (χ2n) is 7.92. The average Bonchev–Trinajstić information content (AvgIpc) is 2.88. The quantitative estimate of drug-likeness (QED) is 0.200. The van der Waals surface area contributed by atoms with E-state index < -0.39 is 5.97 Å². The molecule has 1 heterocycles. The predicted octanol–water partition coefficient (Wildman–Crippen LogP) is 6.44. The van der Waals surface area contributed by atoms with E-state index in [0.717, 1.165) is 21.9 Å². The van der Waals surface area contributed by atoms with Gasteiger partial charge >= 0.3 is 5.97 Å². The standard InChI is InChI=1S/C27H22Br2N2O5/c28-14-20(29)16-35-21-8-6-19-13-22(9-7-18(19)12-21)36-26-10-5-17(15-30-26)11-25(32)31-24-4-2-1-3-23(24)27(33)34/h1-10,12-13,15,20H,11,14,16H2,(H,31,32)(H,33,34). The molecule has 2 N–H and O–H groups in total. The van der Waals surface area contributed by atoms with Crippen LogP contribution in [-0.4, -0.2) is 38.7 Å². The summed E-state index contributed by atoms with van der Waals surface area (Å²) in [6, 6.07) is 21.3. The molecule has 4 aromatic rings. The molecule has 36 heavy (non-hydrogen) atoms. The zero-order chi connectivity index (χ0) is 25.5. The van der Waals surface area contributed by atoms with Crippen molar-refractivity contribution in [1.82, 2.24) is 4.98 Å². The van der Waals surface area contributed by atoms with Gasteiger partial charge in [0, 0.05) is 17.6 Å². The minimum absolute atomic E-state index is 0.0362. The number of rotatable bonds is 10. The van der Waals surface area contributed by atoms with E-state index in [2.05, 4.69) is 42.2 Å². The molecule has 3 aromatic carbocycles. The Labute approximate surface area is 224 Å². The normalized spacial score (nSPS) is 11.6. The van der Waals surface area contributed by atoms with Crippen molar-refractivity contribution in [3.63, 3.8) is 0 Å². The molecule has 0 fully saturated rings. The lowest BCUT2D eigenvalue weighted by Crippen LogP contribution is -2.16. The minimum atomic E-state index is -1.10. The number of carboxylic acid groups (broad SMARTS) is 1. The summed E-state index contributed by atoms with van der Waals surface area (Å²) >= 11 is 6.94. The Hall–Kier alpha value is -3.43. The van der Waals surface area contributed by atoms with Gasteiger partial charge in [0.1, 0.15) is 18.1 Å². The first-order valence-corrected chi connectivity index (χ1v) is 13.1. The van der Waals surface area contributed by atoms with E-state index in [4.69, 9.17) is 9.47 Å². The highest BCUT2D eigenvalue weighted by atomic mass is 79.9. The lowest BCUT2D eigenvalue weighted by molar-refractivity contribution is -0.115. The number of carboxylic acids is 1. The third-order valence-corrected chi connectivity index (χ3v) is 7.44. The summed E-state index contributed by atoms with van der Waals surface area (Å²) in [5.41, 5.74) is 0.961. The van der Waals surface area contributed by atoms with Gasteiger partial charge in [0.25, 0.3) is 0 Å². The Morgan fingerprint density at radius 2 is 1.69 bits per heavy atom. The van der Waals surface area contributed by atoms with Crippen molar-refractivity contribution in [3.8, 4) is 17.4 Å². The number of nitrogens with one attached hydrogen (secondary N) is 1. The monoisotopic (exact) mass is 612 g/mol. The van der Waals surface area contributed by atoms with Crippen molar-refractivity contribution < 1.29 is 24.2 Å². The van der Waals surface area contributed by atoms with Gasteiger partial charge in [-0.1, -0.05) is 62.2 Å². The molecule has 1 amide bonds. The van der Waals surface area contributed by atoms with Crippen molar-refractivity contribution >= 4 is 60.2 Å². The van der Waals surface area contributed by atoms with Crippen LogP contribution in [0.4, 0.5) is 5.69 Å². The van der Waals surface area contributed by atoms with Crippen LogP contribution in [0.5, 0.6) is 17.4 Å². The van der Waals surface area contributed by atoms with Crippen LogP contribution < -0.4 is 14.8 Å². The molecule has 0 aliphatic carbocycles. The van der Waals surface area contributed by atoms with Gasteiger partial charge in [0.15, 0.2) is 0 Å². The van der Waals surface area contributed by atoms with Crippen LogP contribution in [0.3, 0.4) is 0 Å². The summed E-state index contributed by atoms with van der Waals surface area (Å²) in [6.07, 6.45) is 1.61. The van der Waals surface area contributed by atoms with E-state index in [1.165, 1.54) is 6.07 Å². The molecule has 4 rings (SSSR count). The predicted molar refractivity (Wildman–Crippen MR) is 146 cm³/mol. The highest BCUT2D eigenvalue weighted by molar-refractivity contribution is 9.12. The van der Waals surface area contributed by atoms with Crippen LogP contribution in [0, 0.1) is 0 Å². The SMILES string of the molecule is O=C(Cc1ccc(Oc2ccc3cc(OCC(Br)CBr)ccc3c2)nc1)Nc1ccccc1C(=O)O. The van der Waals surface area contributed by atoms with Crippen LogP contribution in [0.2, 0.25) is 0 Å². The third-order valence-electron chi connectivity index (χ3n) is 5.20. The van der Waals surface area contributed by atoms with Crippen LogP contribution in [0.15, 0.2) is 79.0 Å². The minimum Gasteiger partial charge on any atom is -0.492 e. The maximum atomic E-state index is 12.4. The number of fused-ring (bicyclic) bond motifs is 1. The van der Waals surface area contributed by atoms with Gasteiger partial charge in [0.2, 0.25) is 11.8 Å². The lowest BCUT2D eigenvalue weighted by Gasteiger charge is -2.11. The fraction of sp³-hybridized carbons (Fsp3) is 0.148. The smallest absolute Gasteiger partial charge is 0.337 e. The number of nitrogens with zero attached hydrogens (tertiary/aromatic N) is 1. The zero-order valence-electron chi connectivity index (χ0n) is 19.0. The Bertz CT molecular complexity index is 1380. The second kappa shape index (κ2) is 12.0. The first-order chi connectivity index (χ1) is 17.4. The van der Waals surface area contributed by atoms with Crippen molar-refractivity contribution in [2.75, 3.05) is 17.3 Å². The number of halogens is 2. The fourth-order valence-electron chi connectivity index (χ4n) is 3.44. The fourth-order valence-corrected chi connectivity index (χ4v) is 3.76. The zero-order valence-corrected chi connectivity index (χ0v) is 22.2. The van der Waals surface area contributed by atoms with Crippen LogP contribution in [0.25, 0.3) is 10.8 Å². The Balaban J connectivity index is 1.36. The molecule has 0 saturated carbocycles. The highest BCUT2D eigenvalue weighted by Crippen LogP contribution is 2.28. The number of para-hydroxylation sites is 1. The molecule has 1 aromatic heterocycles. The number of ether oxygens (including phenoxy) is 2. The number of benzene rings is 3. The first-order valence-electron chi connectivity index (χ1n) is 11.0. The lowest BCUT2D eigenvalue weighted by atomic mass is 10.1. The molecule has 0 aliphatic heterocycles. The number of carbonyl (C=O) groups excluding carboxylic acids is 1. The molecular formula is C27H22Br2N2O5. The molecule has 7 nitrogen and oxygen atoms in total. The Morgan fingerprint density at radius 1 is 0.972 bits per heavy atom. The van der Waals surface area contributed by atoms with Crippen molar-refractivity contribution in [1.29, 1.82) is 0 Å². The van der Waals surface area contributed by atoms with Gasteiger partial charge in [-0.05, 0) is 52.7 Å². The summed E-state index contributed by atoms with van der Waals surface area (Å²) in [5, 5.41) is 14.7. The molecule has 1 atom stereocenters. The summed E-state index contributed by atoms with van der Waals surface area (Å²) in [6.45, 7) is 0.566. The first kappa shape index (κ1) is 25.7. The number of aromatic carboxylic acids is 1. The van der Waals surface area contributed by atoms with E-state index in [1.54, 1.807) is 36.5 Å². The number of hydrogen-bond acceptors (Lipinski definition) is 5. The summed E-state index contributed by atoms with van der Waals surface area (Å²) < 4.78 is 11.7. The number of carbonyl (C=O) groups is 2. The highest BCUT2D eigenvalue weighted by Gasteiger charge is 2.12. The maximum absolute atomic E-state index is 12.4. The molecule has 0 bridgehead atoms. The van der Waals surface area contributed by atoms with Gasteiger partial charge in [-0.25, -0.2) is 9.78 Å². The van der Waals surface area contributed by atoms with Gasteiger partial charge in [-0.3, -0.25) is 4.79 Å². The topological polar surface area (TPSA) is 97.8 Å². The van der Waals surface area contributed by atoms with Crippen LogP contribution in [0.1, 0.15) is 15.9 Å². The summed E-state index contributed by atoms with van der Waals surface area (Å²) in [4.78, 5) is 28.2. The number of anilines is 1. The number of aromatic nitrogens is 1. The van der Waals surface area contributed by atoms with E-state index in [0.29, 0.717) is 23.8 Å². The van der Waals surface area contributed by atoms with Gasteiger partial charge in [-0.15, -0.1) is 0 Å². The molecule has 1 unspecified atom stereocenters. The van der Waals surface area contributed by atoms with E-state index in [1.807, 2.05) is 36.4 Å². The maximum Gasteiger partial charge on any atom is 0.337 e. The van der Waals surface area contributed by atoms with Crippen LogP contribution >= 0.6 is 31.9 Å². The van der Waals surface area contributed by atoms with Crippen LogP contribution in [-0.2, 0) is 11.2 Å². The average molecular weight is 614 g/mol. The van der Waals surface area contributed by atoms with Crippen molar-refractivity contribution in [3.05, 3.63) is 90.1 Å². The third kappa shape index (κ3) is 6.83. The number of hydrogen-bond donors (Lipinski definition) is 2. The van der Waals surface area contributed by atoms with Crippen molar-refractivity contribution in [2.45, 2.75) is 11.2 Å². The van der Waals surface area contributed by atoms with E-state index >= 15 is 0 Å². The van der Waals surface area contributed by atoms with Gasteiger partial charge in [-0.2, -0.15) is 0 Å². The van der Waals surface area contributed by atoms with E-state index in [-0.39, 0.29) is 28.4 Å². The molecule has 9 heteroatoms. The Kier molecular flexibility index (Phi) is 8.56. The molecular weight excluding hydrogens is 592 g/mol. The van der Waals surface area contributed by atoms with Gasteiger partial charge in [0.05, 0.1) is 22.5 Å². The molecule has 184 valence electrons. The van der Waals surface area contributed by atoms with E-state index in [9.17, 15) is 14.7 Å². The number of amides is 1. The second-order valence-corrected chi connectivity index (χ2v) is 9.86. The van der Waals surface area contributed by atoms with Gasteiger partial charge < -0.3 is 19.9 Å². The Morgan fingerprint density at radius 3 is 2.39 bits per heavy atom. The molecule has 0 saturated heterocycles.